The summed E-state index contributed by atoms with van der Waals surface area (Å²) in [4.78, 5) is 16.4. The lowest BCUT2D eigenvalue weighted by Crippen LogP contribution is -2.11. The number of ether oxygens (including phenoxy) is 2. The smallest absolute Gasteiger partial charge is 0.282 e. The monoisotopic (exact) mass is 448 g/mol. The van der Waals surface area contributed by atoms with Crippen LogP contribution in [0.15, 0.2) is 74.7 Å². The molecule has 0 saturated carbocycles. The van der Waals surface area contributed by atoms with Crippen molar-refractivity contribution in [1.29, 1.82) is 0 Å². The molecule has 0 spiro atoms. The third-order valence-corrected chi connectivity index (χ3v) is 5.53. The summed E-state index contributed by atoms with van der Waals surface area (Å²) in [5.41, 5.74) is 2.68. The Bertz CT molecular complexity index is 1400. The van der Waals surface area contributed by atoms with Gasteiger partial charge in [-0.1, -0.05) is 12.1 Å². The number of nitro benzene ring substituents is 1. The average Bonchev–Trinajstić information content (AvgIpc) is 3.52. The molecule has 0 amide bonds. The van der Waals surface area contributed by atoms with Crippen LogP contribution in [-0.4, -0.2) is 22.6 Å². The molecular weight excluding hydrogens is 432 g/mol. The third kappa shape index (κ3) is 3.79. The van der Waals surface area contributed by atoms with Gasteiger partial charge >= 0.3 is 0 Å². The van der Waals surface area contributed by atoms with Gasteiger partial charge in [0.2, 0.25) is 11.6 Å². The Kier molecular flexibility index (Phi) is 5.04. The van der Waals surface area contributed by atoms with Crippen molar-refractivity contribution in [3.8, 4) is 23.0 Å². The summed E-state index contributed by atoms with van der Waals surface area (Å²) >= 11 is 1.38. The Hall–Kier alpha value is -4.18. The van der Waals surface area contributed by atoms with Gasteiger partial charge in [-0.25, -0.2) is 9.67 Å². The molecule has 0 radical (unpaired) electrons. The summed E-state index contributed by atoms with van der Waals surface area (Å²) in [7, 11) is 0. The third-order valence-electron chi connectivity index (χ3n) is 4.72. The Morgan fingerprint density at radius 1 is 1.16 bits per heavy atom. The van der Waals surface area contributed by atoms with E-state index in [0.717, 1.165) is 11.3 Å². The molecule has 0 unspecified atom stereocenters. The summed E-state index contributed by atoms with van der Waals surface area (Å²) in [6, 6.07) is 14.3. The number of thiazole rings is 1. The van der Waals surface area contributed by atoms with Crippen LogP contribution >= 0.6 is 11.3 Å². The molecule has 0 bridgehead atoms. The van der Waals surface area contributed by atoms with E-state index in [1.807, 2.05) is 42.6 Å². The van der Waals surface area contributed by atoms with E-state index in [2.05, 4.69) is 5.10 Å². The van der Waals surface area contributed by atoms with Gasteiger partial charge in [0.1, 0.15) is 5.69 Å². The van der Waals surface area contributed by atoms with Crippen LogP contribution in [0.2, 0.25) is 0 Å². The molecular formula is C22H16N4O5S. The maximum Gasteiger partial charge on any atom is 0.282 e. The first-order valence-electron chi connectivity index (χ1n) is 9.57. The van der Waals surface area contributed by atoms with Crippen molar-refractivity contribution in [3.63, 3.8) is 0 Å². The van der Waals surface area contributed by atoms with Gasteiger partial charge in [-0.15, -0.1) is 11.3 Å². The first-order valence-corrected chi connectivity index (χ1v) is 10.4. The van der Waals surface area contributed by atoms with Crippen molar-refractivity contribution >= 4 is 28.9 Å². The molecule has 1 aliphatic rings. The summed E-state index contributed by atoms with van der Waals surface area (Å²) in [5, 5.41) is 18.0. The molecule has 10 heteroatoms. The average molecular weight is 448 g/mol. The first kappa shape index (κ1) is 19.8. The zero-order valence-corrected chi connectivity index (χ0v) is 17.6. The van der Waals surface area contributed by atoms with E-state index in [4.69, 9.17) is 18.9 Å². The molecule has 0 N–H and O–H groups in total. The highest BCUT2D eigenvalue weighted by Crippen LogP contribution is 2.37. The fraction of sp³-hybridized carbons (Fsp3) is 0.0909. The van der Waals surface area contributed by atoms with E-state index in [1.165, 1.54) is 23.6 Å². The quantitative estimate of drug-likeness (QED) is 0.246. The predicted molar refractivity (Wildman–Crippen MR) is 119 cm³/mol. The fourth-order valence-electron chi connectivity index (χ4n) is 3.22. The Balaban J connectivity index is 1.64. The summed E-state index contributed by atoms with van der Waals surface area (Å²) < 4.78 is 17.8. The van der Waals surface area contributed by atoms with Gasteiger partial charge in [-0.05, 0) is 42.8 Å². The number of nitrogens with zero attached hydrogens (tertiary/aromatic N) is 4. The number of aromatic nitrogens is 1. The van der Waals surface area contributed by atoms with Crippen molar-refractivity contribution in [2.24, 2.45) is 10.1 Å². The van der Waals surface area contributed by atoms with Crippen molar-refractivity contribution < 1.29 is 18.8 Å². The number of furan rings is 1. The highest BCUT2D eigenvalue weighted by Gasteiger charge is 2.22. The lowest BCUT2D eigenvalue weighted by atomic mass is 10.1. The van der Waals surface area contributed by atoms with E-state index >= 15 is 0 Å². The molecule has 1 aliphatic heterocycles. The van der Waals surface area contributed by atoms with Gasteiger partial charge in [0.25, 0.3) is 5.69 Å². The summed E-state index contributed by atoms with van der Waals surface area (Å²) in [5.74, 6) is 1.37. The van der Waals surface area contributed by atoms with Crippen LogP contribution in [0.4, 0.5) is 11.4 Å². The second kappa shape index (κ2) is 8.16. The number of rotatable bonds is 5. The van der Waals surface area contributed by atoms with Crippen LogP contribution in [0.25, 0.3) is 11.5 Å². The van der Waals surface area contributed by atoms with E-state index in [-0.39, 0.29) is 18.0 Å². The largest absolute Gasteiger partial charge is 0.463 e. The molecule has 0 atom stereocenters. The SMILES string of the molecule is Cc1cccc(N=c2scc(-c3ccco3)n2N=Cc2cc3c(cc2[N+](=O)[O-])OCO3)c1. The second-order valence-electron chi connectivity index (χ2n) is 6.91. The molecule has 5 rings (SSSR count). The molecule has 0 saturated heterocycles. The van der Waals surface area contributed by atoms with Gasteiger partial charge in [0, 0.05) is 5.38 Å². The minimum Gasteiger partial charge on any atom is -0.463 e. The molecule has 3 heterocycles. The Morgan fingerprint density at radius 3 is 2.75 bits per heavy atom. The lowest BCUT2D eigenvalue weighted by Gasteiger charge is -2.03. The van der Waals surface area contributed by atoms with Crippen LogP contribution in [0.1, 0.15) is 11.1 Å². The standard InChI is InChI=1S/C22H16N4O5S/c1-14-4-2-5-16(8-14)24-22-25(18(12-32-22)19-6-3-7-29-19)23-11-15-9-20-21(31-13-30-20)10-17(15)26(27)28/h2-12H,13H2,1H3. The number of aryl methyl sites for hydroxylation is 1. The first-order chi connectivity index (χ1) is 15.6. The normalized spacial score (nSPS) is 13.2. The molecule has 2 aromatic carbocycles. The van der Waals surface area contributed by atoms with Crippen molar-refractivity contribution in [2.45, 2.75) is 6.92 Å². The minimum absolute atomic E-state index is 0.0223. The van der Waals surface area contributed by atoms with Crippen LogP contribution < -0.4 is 14.3 Å². The topological polar surface area (TPSA) is 104 Å². The zero-order valence-electron chi connectivity index (χ0n) is 16.8. The molecule has 160 valence electrons. The maximum atomic E-state index is 11.6. The number of hydrogen-bond acceptors (Lipinski definition) is 8. The molecule has 0 fully saturated rings. The van der Waals surface area contributed by atoms with Gasteiger partial charge < -0.3 is 13.9 Å². The highest BCUT2D eigenvalue weighted by atomic mass is 32.1. The second-order valence-corrected chi connectivity index (χ2v) is 7.75. The predicted octanol–water partition coefficient (Wildman–Crippen LogP) is 4.87. The van der Waals surface area contributed by atoms with Gasteiger partial charge in [0.15, 0.2) is 17.3 Å². The van der Waals surface area contributed by atoms with Crippen LogP contribution in [-0.2, 0) is 0 Å². The Morgan fingerprint density at radius 2 is 2.00 bits per heavy atom. The van der Waals surface area contributed by atoms with Crippen molar-refractivity contribution in [2.75, 3.05) is 6.79 Å². The number of fused-ring (bicyclic) bond motifs is 1. The van der Waals surface area contributed by atoms with Crippen LogP contribution in [0, 0.1) is 17.0 Å². The molecule has 4 aromatic rings. The van der Waals surface area contributed by atoms with E-state index < -0.39 is 4.92 Å². The van der Waals surface area contributed by atoms with Crippen LogP contribution in [0.3, 0.4) is 0 Å². The van der Waals surface area contributed by atoms with Crippen LogP contribution in [0.5, 0.6) is 11.5 Å². The maximum absolute atomic E-state index is 11.6. The summed E-state index contributed by atoms with van der Waals surface area (Å²) in [6.45, 7) is 2.02. The number of nitro groups is 1. The fourth-order valence-corrected chi connectivity index (χ4v) is 4.06. The van der Waals surface area contributed by atoms with E-state index in [0.29, 0.717) is 27.8 Å². The van der Waals surface area contributed by atoms with E-state index in [1.54, 1.807) is 23.1 Å². The highest BCUT2D eigenvalue weighted by molar-refractivity contribution is 7.07. The lowest BCUT2D eigenvalue weighted by molar-refractivity contribution is -0.385. The molecule has 32 heavy (non-hydrogen) atoms. The zero-order chi connectivity index (χ0) is 22.1. The van der Waals surface area contributed by atoms with Crippen molar-refractivity contribution in [1.82, 2.24) is 4.68 Å². The number of benzene rings is 2. The van der Waals surface area contributed by atoms with E-state index in [9.17, 15) is 10.1 Å². The Labute approximate surface area is 185 Å². The molecule has 2 aromatic heterocycles. The minimum atomic E-state index is -0.479. The summed E-state index contributed by atoms with van der Waals surface area (Å²) in [6.07, 6.45) is 2.98. The number of hydrogen-bond donors (Lipinski definition) is 0. The van der Waals surface area contributed by atoms with Gasteiger partial charge in [0.05, 0.1) is 34.7 Å². The van der Waals surface area contributed by atoms with Crippen molar-refractivity contribution in [3.05, 3.63) is 86.2 Å². The van der Waals surface area contributed by atoms with Gasteiger partial charge in [-0.3, -0.25) is 10.1 Å². The molecule has 9 nitrogen and oxygen atoms in total. The van der Waals surface area contributed by atoms with Gasteiger partial charge in [-0.2, -0.15) is 5.10 Å². The molecule has 0 aliphatic carbocycles.